The fraction of sp³-hybridized carbons (Fsp3) is 0.462. The SMILES string of the molecule is CCCC(C)(C)Nc1ccc(N)c(C(N)=O)c1. The third-order valence-corrected chi connectivity index (χ3v) is 2.68. The van der Waals surface area contributed by atoms with Crippen molar-refractivity contribution in [2.45, 2.75) is 39.2 Å². The van der Waals surface area contributed by atoms with Crippen LogP contribution in [0.1, 0.15) is 44.0 Å². The number of nitrogen functional groups attached to an aromatic ring is 1. The molecule has 0 atom stereocenters. The Labute approximate surface area is 102 Å². The minimum atomic E-state index is -0.501. The Hall–Kier alpha value is -1.71. The summed E-state index contributed by atoms with van der Waals surface area (Å²) in [7, 11) is 0. The molecule has 0 aliphatic rings. The number of nitrogens with one attached hydrogen (secondary N) is 1. The van der Waals surface area contributed by atoms with Crippen molar-refractivity contribution < 1.29 is 4.79 Å². The topological polar surface area (TPSA) is 81.1 Å². The van der Waals surface area contributed by atoms with Crippen LogP contribution in [0.25, 0.3) is 0 Å². The molecule has 5 N–H and O–H groups in total. The lowest BCUT2D eigenvalue weighted by molar-refractivity contribution is 0.100. The first-order chi connectivity index (χ1) is 7.85. The Morgan fingerprint density at radius 2 is 2.06 bits per heavy atom. The highest BCUT2D eigenvalue weighted by Crippen LogP contribution is 2.23. The highest BCUT2D eigenvalue weighted by Gasteiger charge is 2.16. The van der Waals surface area contributed by atoms with Crippen LogP contribution < -0.4 is 16.8 Å². The largest absolute Gasteiger partial charge is 0.398 e. The number of nitrogens with two attached hydrogens (primary N) is 2. The van der Waals surface area contributed by atoms with Crippen LogP contribution in [0.5, 0.6) is 0 Å². The number of carbonyl (C=O) groups is 1. The van der Waals surface area contributed by atoms with Gasteiger partial charge in [0.1, 0.15) is 0 Å². The number of hydrogen-bond donors (Lipinski definition) is 3. The van der Waals surface area contributed by atoms with Crippen molar-refractivity contribution in [1.29, 1.82) is 0 Å². The fourth-order valence-corrected chi connectivity index (χ4v) is 1.93. The summed E-state index contributed by atoms with van der Waals surface area (Å²) in [6.45, 7) is 6.38. The summed E-state index contributed by atoms with van der Waals surface area (Å²) in [5.74, 6) is -0.501. The lowest BCUT2D eigenvalue weighted by Gasteiger charge is -2.27. The van der Waals surface area contributed by atoms with Crippen LogP contribution in [0.4, 0.5) is 11.4 Å². The molecule has 0 aromatic heterocycles. The molecule has 0 aliphatic heterocycles. The van der Waals surface area contributed by atoms with Gasteiger partial charge in [-0.25, -0.2) is 0 Å². The highest BCUT2D eigenvalue weighted by atomic mass is 16.1. The molecular formula is C13H21N3O. The Morgan fingerprint density at radius 1 is 1.41 bits per heavy atom. The number of primary amides is 1. The van der Waals surface area contributed by atoms with Gasteiger partial charge in [0.05, 0.1) is 5.56 Å². The minimum Gasteiger partial charge on any atom is -0.398 e. The zero-order valence-electron chi connectivity index (χ0n) is 10.7. The summed E-state index contributed by atoms with van der Waals surface area (Å²) in [5.41, 5.74) is 12.6. The van der Waals surface area contributed by atoms with Crippen LogP contribution in [0.15, 0.2) is 18.2 Å². The maximum Gasteiger partial charge on any atom is 0.250 e. The fourth-order valence-electron chi connectivity index (χ4n) is 1.93. The van der Waals surface area contributed by atoms with E-state index in [-0.39, 0.29) is 5.54 Å². The van der Waals surface area contributed by atoms with Gasteiger partial charge in [-0.2, -0.15) is 0 Å². The molecule has 0 heterocycles. The Kier molecular flexibility index (Phi) is 3.99. The quantitative estimate of drug-likeness (QED) is 0.685. The van der Waals surface area contributed by atoms with Crippen molar-refractivity contribution in [2.24, 2.45) is 5.73 Å². The lowest BCUT2D eigenvalue weighted by atomic mass is 9.98. The van der Waals surface area contributed by atoms with E-state index in [1.54, 1.807) is 12.1 Å². The smallest absolute Gasteiger partial charge is 0.250 e. The van der Waals surface area contributed by atoms with Crippen LogP contribution >= 0.6 is 0 Å². The van der Waals surface area contributed by atoms with Crippen molar-refractivity contribution in [3.05, 3.63) is 23.8 Å². The third-order valence-electron chi connectivity index (χ3n) is 2.68. The molecule has 94 valence electrons. The zero-order valence-corrected chi connectivity index (χ0v) is 10.7. The molecule has 1 rings (SSSR count). The third kappa shape index (κ3) is 3.66. The maximum atomic E-state index is 11.2. The number of anilines is 2. The van der Waals surface area contributed by atoms with Crippen LogP contribution in [-0.2, 0) is 0 Å². The summed E-state index contributed by atoms with van der Waals surface area (Å²) in [5, 5.41) is 3.38. The van der Waals surface area contributed by atoms with Crippen LogP contribution in [0, 0.1) is 0 Å². The van der Waals surface area contributed by atoms with E-state index in [2.05, 4.69) is 26.1 Å². The molecule has 0 saturated carbocycles. The summed E-state index contributed by atoms with van der Waals surface area (Å²) in [4.78, 5) is 11.2. The van der Waals surface area contributed by atoms with E-state index >= 15 is 0 Å². The molecule has 4 heteroatoms. The monoisotopic (exact) mass is 235 g/mol. The number of benzene rings is 1. The van der Waals surface area contributed by atoms with Gasteiger partial charge in [0.15, 0.2) is 0 Å². The summed E-state index contributed by atoms with van der Waals surface area (Å²) >= 11 is 0. The van der Waals surface area contributed by atoms with Gasteiger partial charge in [0.2, 0.25) is 0 Å². The molecule has 1 aromatic rings. The van der Waals surface area contributed by atoms with Gasteiger partial charge in [-0.05, 0) is 38.5 Å². The molecule has 0 bridgehead atoms. The van der Waals surface area contributed by atoms with Crippen LogP contribution in [0.3, 0.4) is 0 Å². The predicted octanol–water partition coefficient (Wildman–Crippen LogP) is 2.36. The van der Waals surface area contributed by atoms with E-state index in [1.165, 1.54) is 0 Å². The molecule has 0 fully saturated rings. The standard InChI is InChI=1S/C13H21N3O/c1-4-7-13(2,3)16-9-5-6-11(14)10(8-9)12(15)17/h5-6,8,16H,4,7,14H2,1-3H3,(H2,15,17). The highest BCUT2D eigenvalue weighted by molar-refractivity contribution is 5.98. The Balaban J connectivity index is 2.93. The first kappa shape index (κ1) is 13.4. The molecule has 1 amide bonds. The summed E-state index contributed by atoms with van der Waals surface area (Å²) < 4.78 is 0. The number of carbonyl (C=O) groups excluding carboxylic acids is 1. The van der Waals surface area contributed by atoms with E-state index in [1.807, 2.05) is 6.07 Å². The zero-order chi connectivity index (χ0) is 13.1. The van der Waals surface area contributed by atoms with Crippen LogP contribution in [0.2, 0.25) is 0 Å². The van der Waals surface area contributed by atoms with Gasteiger partial charge >= 0.3 is 0 Å². The van der Waals surface area contributed by atoms with Gasteiger partial charge < -0.3 is 16.8 Å². The molecule has 0 radical (unpaired) electrons. The number of amides is 1. The van der Waals surface area contributed by atoms with Gasteiger partial charge in [-0.3, -0.25) is 4.79 Å². The van der Waals surface area contributed by atoms with Crippen molar-refractivity contribution in [1.82, 2.24) is 0 Å². The second kappa shape index (κ2) is 5.08. The van der Waals surface area contributed by atoms with E-state index < -0.39 is 5.91 Å². The molecule has 17 heavy (non-hydrogen) atoms. The Morgan fingerprint density at radius 3 is 2.59 bits per heavy atom. The number of hydrogen-bond acceptors (Lipinski definition) is 3. The second-order valence-electron chi connectivity index (χ2n) is 4.93. The van der Waals surface area contributed by atoms with Crippen molar-refractivity contribution in [2.75, 3.05) is 11.1 Å². The first-order valence-corrected chi connectivity index (χ1v) is 5.83. The van der Waals surface area contributed by atoms with Crippen LogP contribution in [-0.4, -0.2) is 11.4 Å². The summed E-state index contributed by atoms with van der Waals surface area (Å²) in [6.07, 6.45) is 2.14. The predicted molar refractivity (Wildman–Crippen MR) is 72.0 cm³/mol. The average Bonchev–Trinajstić information content (AvgIpc) is 2.20. The van der Waals surface area contributed by atoms with Crippen molar-refractivity contribution in [3.8, 4) is 0 Å². The van der Waals surface area contributed by atoms with E-state index in [0.29, 0.717) is 11.3 Å². The molecule has 0 unspecified atom stereocenters. The minimum absolute atomic E-state index is 0.0141. The number of rotatable bonds is 5. The van der Waals surface area contributed by atoms with E-state index in [9.17, 15) is 4.79 Å². The molecule has 0 aliphatic carbocycles. The average molecular weight is 235 g/mol. The molecule has 4 nitrogen and oxygen atoms in total. The first-order valence-electron chi connectivity index (χ1n) is 5.83. The Bertz CT molecular complexity index is 413. The molecule has 0 saturated heterocycles. The molecular weight excluding hydrogens is 214 g/mol. The second-order valence-corrected chi connectivity index (χ2v) is 4.93. The van der Waals surface area contributed by atoms with Gasteiger partial charge in [-0.1, -0.05) is 13.3 Å². The van der Waals surface area contributed by atoms with E-state index in [4.69, 9.17) is 11.5 Å². The van der Waals surface area contributed by atoms with Crippen molar-refractivity contribution >= 4 is 17.3 Å². The molecule has 0 spiro atoms. The van der Waals surface area contributed by atoms with Gasteiger partial charge in [0, 0.05) is 16.9 Å². The van der Waals surface area contributed by atoms with E-state index in [0.717, 1.165) is 18.5 Å². The van der Waals surface area contributed by atoms with Gasteiger partial charge in [-0.15, -0.1) is 0 Å². The summed E-state index contributed by atoms with van der Waals surface area (Å²) in [6, 6.07) is 5.26. The molecule has 1 aromatic carbocycles. The lowest BCUT2D eigenvalue weighted by Crippen LogP contribution is -2.30. The normalized spacial score (nSPS) is 11.2. The maximum absolute atomic E-state index is 11.2. The van der Waals surface area contributed by atoms with Crippen molar-refractivity contribution in [3.63, 3.8) is 0 Å². The van der Waals surface area contributed by atoms with Gasteiger partial charge in [0.25, 0.3) is 5.91 Å².